The zero-order valence-corrected chi connectivity index (χ0v) is 14.8. The van der Waals surface area contributed by atoms with Gasteiger partial charge in [-0.25, -0.2) is 0 Å². The summed E-state index contributed by atoms with van der Waals surface area (Å²) in [6, 6.07) is 9.24. The van der Waals surface area contributed by atoms with Crippen LogP contribution < -0.4 is 15.8 Å². The molecule has 0 aliphatic carbocycles. The van der Waals surface area contributed by atoms with Crippen LogP contribution in [0, 0.1) is 9.49 Å². The highest BCUT2D eigenvalue weighted by atomic mass is 127. The molecule has 0 radical (unpaired) electrons. The first-order chi connectivity index (χ1) is 9.95. The largest absolute Gasteiger partial charge is 0.476 e. The van der Waals surface area contributed by atoms with E-state index in [1.54, 1.807) is 6.07 Å². The average molecular weight is 418 g/mol. The number of aromatic nitrogens is 1. The monoisotopic (exact) mass is 417 g/mol. The summed E-state index contributed by atoms with van der Waals surface area (Å²) in [7, 11) is 0. The molecule has 21 heavy (non-hydrogen) atoms. The molecule has 0 spiro atoms. The van der Waals surface area contributed by atoms with Crippen molar-refractivity contribution in [3.8, 4) is 5.88 Å². The molecule has 3 N–H and O–H groups in total. The number of halogens is 2. The Morgan fingerprint density at radius 1 is 1.33 bits per heavy atom. The van der Waals surface area contributed by atoms with Gasteiger partial charge in [-0.05, 0) is 58.8 Å². The molecular weight excluding hydrogens is 401 g/mol. The predicted octanol–water partition coefficient (Wildman–Crippen LogP) is 4.70. The van der Waals surface area contributed by atoms with Gasteiger partial charge >= 0.3 is 0 Å². The van der Waals surface area contributed by atoms with Crippen molar-refractivity contribution in [1.29, 1.82) is 0 Å². The van der Waals surface area contributed by atoms with Crippen molar-refractivity contribution in [2.24, 2.45) is 5.92 Å². The van der Waals surface area contributed by atoms with E-state index in [1.807, 2.05) is 24.3 Å². The van der Waals surface area contributed by atoms with Crippen LogP contribution in [-0.2, 0) is 0 Å². The van der Waals surface area contributed by atoms with Crippen LogP contribution in [0.4, 0.5) is 17.2 Å². The quantitative estimate of drug-likeness (QED) is 0.692. The van der Waals surface area contributed by atoms with Crippen molar-refractivity contribution in [3.05, 3.63) is 38.9 Å². The summed E-state index contributed by atoms with van der Waals surface area (Å²) in [5.41, 5.74) is 7.36. The van der Waals surface area contributed by atoms with Crippen LogP contribution in [0.3, 0.4) is 0 Å². The molecule has 0 atom stereocenters. The molecule has 0 saturated heterocycles. The molecule has 2 aromatic rings. The molecule has 0 aliphatic rings. The second-order valence-corrected chi connectivity index (χ2v) is 6.64. The highest BCUT2D eigenvalue weighted by molar-refractivity contribution is 14.1. The molecule has 4 nitrogen and oxygen atoms in total. The molecule has 0 aliphatic heterocycles. The summed E-state index contributed by atoms with van der Waals surface area (Å²) in [5.74, 6) is 1.56. The fraction of sp³-hybridized carbons (Fsp3) is 0.267. The van der Waals surface area contributed by atoms with Gasteiger partial charge in [-0.2, -0.15) is 4.98 Å². The number of rotatable bonds is 5. The summed E-state index contributed by atoms with van der Waals surface area (Å²) < 4.78 is 6.64. The Kier molecular flexibility index (Phi) is 5.52. The first-order valence-corrected chi connectivity index (χ1v) is 8.03. The van der Waals surface area contributed by atoms with Gasteiger partial charge in [0.15, 0.2) is 0 Å². The minimum atomic E-state index is 0.417. The minimum absolute atomic E-state index is 0.417. The Labute approximate surface area is 143 Å². The Morgan fingerprint density at radius 2 is 2.10 bits per heavy atom. The average Bonchev–Trinajstić information content (AvgIpc) is 2.42. The number of benzene rings is 1. The van der Waals surface area contributed by atoms with E-state index in [1.165, 1.54) is 0 Å². The number of nitrogens with zero attached hydrogens (tertiary/aromatic N) is 1. The van der Waals surface area contributed by atoms with E-state index in [9.17, 15) is 0 Å². The third-order valence-electron chi connectivity index (χ3n) is 2.64. The van der Waals surface area contributed by atoms with Crippen LogP contribution >= 0.6 is 34.2 Å². The molecule has 0 fully saturated rings. The summed E-state index contributed by atoms with van der Waals surface area (Å²) in [6.45, 7) is 4.74. The SMILES string of the molecule is CC(C)COc1nc(Nc2ccc(Cl)cc2I)ccc1N. The normalized spacial score (nSPS) is 10.7. The van der Waals surface area contributed by atoms with E-state index in [4.69, 9.17) is 22.1 Å². The van der Waals surface area contributed by atoms with Crippen LogP contribution in [0.5, 0.6) is 5.88 Å². The van der Waals surface area contributed by atoms with Gasteiger partial charge in [0.25, 0.3) is 0 Å². The lowest BCUT2D eigenvalue weighted by Crippen LogP contribution is -2.08. The summed E-state index contributed by atoms with van der Waals surface area (Å²) in [6.07, 6.45) is 0. The van der Waals surface area contributed by atoms with E-state index < -0.39 is 0 Å². The number of nitrogen functional groups attached to an aromatic ring is 1. The van der Waals surface area contributed by atoms with Crippen LogP contribution in [0.15, 0.2) is 30.3 Å². The van der Waals surface area contributed by atoms with Crippen molar-refractivity contribution < 1.29 is 4.74 Å². The maximum Gasteiger partial charge on any atom is 0.239 e. The number of hydrogen-bond acceptors (Lipinski definition) is 4. The minimum Gasteiger partial charge on any atom is -0.476 e. The van der Waals surface area contributed by atoms with E-state index in [-0.39, 0.29) is 0 Å². The highest BCUT2D eigenvalue weighted by Crippen LogP contribution is 2.27. The lowest BCUT2D eigenvalue weighted by Gasteiger charge is -2.13. The van der Waals surface area contributed by atoms with E-state index in [0.717, 1.165) is 9.26 Å². The van der Waals surface area contributed by atoms with E-state index in [0.29, 0.717) is 34.9 Å². The zero-order valence-electron chi connectivity index (χ0n) is 11.9. The van der Waals surface area contributed by atoms with Gasteiger partial charge in [0.05, 0.1) is 18.0 Å². The van der Waals surface area contributed by atoms with Crippen molar-refractivity contribution >= 4 is 51.4 Å². The Morgan fingerprint density at radius 3 is 2.76 bits per heavy atom. The van der Waals surface area contributed by atoms with Crippen molar-refractivity contribution in [3.63, 3.8) is 0 Å². The molecule has 2 rings (SSSR count). The summed E-state index contributed by atoms with van der Waals surface area (Å²) in [5, 5.41) is 3.95. The smallest absolute Gasteiger partial charge is 0.239 e. The highest BCUT2D eigenvalue weighted by Gasteiger charge is 2.07. The predicted molar refractivity (Wildman–Crippen MR) is 96.4 cm³/mol. The van der Waals surface area contributed by atoms with Crippen molar-refractivity contribution in [2.45, 2.75) is 13.8 Å². The lowest BCUT2D eigenvalue weighted by atomic mass is 10.2. The first-order valence-electron chi connectivity index (χ1n) is 6.57. The second kappa shape index (κ2) is 7.17. The lowest BCUT2D eigenvalue weighted by molar-refractivity contribution is 0.263. The van der Waals surface area contributed by atoms with E-state index in [2.05, 4.69) is 46.7 Å². The number of hydrogen-bond donors (Lipinski definition) is 2. The van der Waals surface area contributed by atoms with E-state index >= 15 is 0 Å². The van der Waals surface area contributed by atoms with Crippen LogP contribution in [0.2, 0.25) is 5.02 Å². The van der Waals surface area contributed by atoms with Crippen LogP contribution in [-0.4, -0.2) is 11.6 Å². The van der Waals surface area contributed by atoms with Crippen molar-refractivity contribution in [1.82, 2.24) is 4.98 Å². The Bertz CT molecular complexity index is 634. The molecule has 0 saturated carbocycles. The van der Waals surface area contributed by atoms with Gasteiger partial charge in [0, 0.05) is 8.59 Å². The van der Waals surface area contributed by atoms with Gasteiger partial charge in [-0.3, -0.25) is 0 Å². The second-order valence-electron chi connectivity index (χ2n) is 5.04. The molecule has 1 aromatic heterocycles. The Balaban J connectivity index is 2.18. The molecule has 0 bridgehead atoms. The maximum atomic E-state index is 5.95. The molecule has 1 heterocycles. The third kappa shape index (κ3) is 4.64. The Hall–Kier alpha value is -1.21. The van der Waals surface area contributed by atoms with Gasteiger partial charge in [-0.1, -0.05) is 25.4 Å². The molecule has 112 valence electrons. The number of pyridine rings is 1. The fourth-order valence-electron chi connectivity index (χ4n) is 1.61. The number of nitrogens with one attached hydrogen (secondary N) is 1. The van der Waals surface area contributed by atoms with Crippen LogP contribution in [0.25, 0.3) is 0 Å². The van der Waals surface area contributed by atoms with Crippen molar-refractivity contribution in [2.75, 3.05) is 17.7 Å². The number of nitrogens with two attached hydrogens (primary N) is 1. The topological polar surface area (TPSA) is 60.2 Å². The van der Waals surface area contributed by atoms with Gasteiger partial charge in [0.2, 0.25) is 5.88 Å². The van der Waals surface area contributed by atoms with Gasteiger partial charge < -0.3 is 15.8 Å². The third-order valence-corrected chi connectivity index (χ3v) is 3.76. The van der Waals surface area contributed by atoms with Gasteiger partial charge in [0.1, 0.15) is 5.82 Å². The molecule has 6 heteroatoms. The molecule has 1 aromatic carbocycles. The molecule has 0 amide bonds. The zero-order chi connectivity index (χ0) is 15.4. The number of anilines is 3. The molecule has 0 unspecified atom stereocenters. The molecular formula is C15H17ClIN3O. The van der Waals surface area contributed by atoms with Crippen LogP contribution in [0.1, 0.15) is 13.8 Å². The fourth-order valence-corrected chi connectivity index (χ4v) is 2.62. The maximum absolute atomic E-state index is 5.95. The van der Waals surface area contributed by atoms with Gasteiger partial charge in [-0.15, -0.1) is 0 Å². The first kappa shape index (κ1) is 16.2. The standard InChI is InChI=1S/C15H17ClIN3O/c1-9(2)8-21-15-12(18)4-6-14(20-15)19-13-5-3-10(16)7-11(13)17/h3-7,9H,8,18H2,1-2H3,(H,19,20). The summed E-state index contributed by atoms with van der Waals surface area (Å²) in [4.78, 5) is 4.41. The number of ether oxygens (including phenoxy) is 1. The summed E-state index contributed by atoms with van der Waals surface area (Å²) >= 11 is 8.17.